The second-order valence-electron chi connectivity index (χ2n) is 6.26. The van der Waals surface area contributed by atoms with Gasteiger partial charge in [0, 0.05) is 11.1 Å². The van der Waals surface area contributed by atoms with Gasteiger partial charge in [0.1, 0.15) is 39.2 Å². The Hall–Kier alpha value is -2.46. The molecule has 1 aromatic heterocycles. The van der Waals surface area contributed by atoms with Gasteiger partial charge in [-0.1, -0.05) is 47.3 Å². The van der Waals surface area contributed by atoms with Crippen LogP contribution in [-0.2, 0) is 0 Å². The molecule has 120 valence electrons. The molecule has 1 heterocycles. The summed E-state index contributed by atoms with van der Waals surface area (Å²) in [6, 6.07) is 13.8. The molecule has 4 aromatic rings. The van der Waals surface area contributed by atoms with Crippen molar-refractivity contribution in [2.75, 3.05) is 0 Å². The van der Waals surface area contributed by atoms with Gasteiger partial charge in [-0.3, -0.25) is 0 Å². The third-order valence-corrected chi connectivity index (χ3v) is 4.71. The average Bonchev–Trinajstić information content (AvgIpc) is 2.70. The molecule has 4 rings (SSSR count). The lowest BCUT2D eigenvalue weighted by Gasteiger charge is -2.20. The Bertz CT molecular complexity index is 1220. The summed E-state index contributed by atoms with van der Waals surface area (Å²) < 4.78 is 0. The molecule has 0 spiro atoms. The first-order valence-corrected chi connectivity index (χ1v) is 8.67. The average molecular weight is 367 g/mol. The Morgan fingerprint density at radius 3 is 1.86 bits per heavy atom. The molecule has 0 bridgehead atoms. The Morgan fingerprint density at radius 2 is 1.18 bits per heavy atom. The number of hydrogen-bond acceptors (Lipinski definition) is 3. The highest BCUT2D eigenvalue weighted by Crippen LogP contribution is 2.24. The van der Waals surface area contributed by atoms with E-state index < -0.39 is 0 Å². The molecule has 0 fully saturated rings. The molecule has 3 aromatic carbocycles. The van der Waals surface area contributed by atoms with E-state index in [0.29, 0.717) is 5.82 Å². The van der Waals surface area contributed by atoms with Gasteiger partial charge in [-0.25, -0.2) is 4.98 Å². The Morgan fingerprint density at radius 1 is 0.607 bits per heavy atom. The molecule has 0 unspecified atom stereocenters. The van der Waals surface area contributed by atoms with Crippen LogP contribution in [-0.4, -0.2) is 54.2 Å². The van der Waals surface area contributed by atoms with Gasteiger partial charge in [-0.2, -0.15) is 9.97 Å². The standard InChI is InChI=1S/C19H7B5ClN3/c20-12-11(13(21)15(23)16(24)14(12)22)18-26-17(27-19(25)28-18)10-6-5-8-3-1-2-4-9(8)7-10/h1-7H. The van der Waals surface area contributed by atoms with E-state index in [9.17, 15) is 0 Å². The van der Waals surface area contributed by atoms with Crippen LogP contribution in [0.5, 0.6) is 0 Å². The highest BCUT2D eigenvalue weighted by Gasteiger charge is 2.16. The molecular weight excluding hydrogens is 360 g/mol. The van der Waals surface area contributed by atoms with Gasteiger partial charge in [0.25, 0.3) is 0 Å². The van der Waals surface area contributed by atoms with E-state index in [1.165, 1.54) is 0 Å². The second kappa shape index (κ2) is 7.18. The van der Waals surface area contributed by atoms with Gasteiger partial charge in [-0.05, 0) is 28.4 Å². The molecule has 9 heteroatoms. The Labute approximate surface area is 174 Å². The molecule has 0 saturated carbocycles. The summed E-state index contributed by atoms with van der Waals surface area (Å²) in [6.45, 7) is 0. The van der Waals surface area contributed by atoms with Crippen LogP contribution in [0.15, 0.2) is 42.5 Å². The molecule has 0 aliphatic rings. The van der Waals surface area contributed by atoms with Crippen LogP contribution >= 0.6 is 11.6 Å². The van der Waals surface area contributed by atoms with Crippen molar-refractivity contribution in [3.05, 3.63) is 47.7 Å². The SMILES string of the molecule is [B]c1c([B])c([B])c(-c2nc(Cl)nc(-c3ccc4ccccc4c3)n2)c([B])c1[B]. The van der Waals surface area contributed by atoms with Crippen LogP contribution in [0.2, 0.25) is 5.28 Å². The maximum absolute atomic E-state index is 6.15. The van der Waals surface area contributed by atoms with E-state index in [0.717, 1.165) is 16.3 Å². The van der Waals surface area contributed by atoms with Gasteiger partial charge in [0.2, 0.25) is 5.28 Å². The van der Waals surface area contributed by atoms with Crippen molar-refractivity contribution in [3.63, 3.8) is 0 Å². The number of benzene rings is 3. The fourth-order valence-electron chi connectivity index (χ4n) is 3.01. The number of hydrogen-bond donors (Lipinski definition) is 0. The van der Waals surface area contributed by atoms with E-state index in [2.05, 4.69) is 15.0 Å². The fraction of sp³-hybridized carbons (Fsp3) is 0. The molecule has 0 N–H and O–H groups in total. The van der Waals surface area contributed by atoms with E-state index in [1.54, 1.807) is 0 Å². The van der Waals surface area contributed by atoms with Crippen molar-refractivity contribution in [3.8, 4) is 22.8 Å². The third kappa shape index (κ3) is 3.16. The maximum Gasteiger partial charge on any atom is 0.226 e. The number of halogens is 1. The summed E-state index contributed by atoms with van der Waals surface area (Å²) >= 11 is 6.15. The van der Waals surface area contributed by atoms with Crippen molar-refractivity contribution < 1.29 is 0 Å². The van der Waals surface area contributed by atoms with Crippen LogP contribution in [0.25, 0.3) is 33.5 Å². The van der Waals surface area contributed by atoms with Crippen LogP contribution in [0.4, 0.5) is 0 Å². The highest BCUT2D eigenvalue weighted by atomic mass is 35.5. The van der Waals surface area contributed by atoms with Gasteiger partial charge >= 0.3 is 0 Å². The van der Waals surface area contributed by atoms with Crippen molar-refractivity contribution in [1.82, 2.24) is 15.0 Å². The number of fused-ring (bicyclic) bond motifs is 1. The minimum atomic E-state index is -0.0130. The first-order valence-electron chi connectivity index (χ1n) is 8.29. The summed E-state index contributed by atoms with van der Waals surface area (Å²) in [5.41, 5.74) is 1.66. The molecule has 0 aliphatic heterocycles. The zero-order valence-electron chi connectivity index (χ0n) is 14.6. The van der Waals surface area contributed by atoms with Crippen LogP contribution < -0.4 is 27.3 Å². The Kier molecular flexibility index (Phi) is 4.84. The zero-order valence-corrected chi connectivity index (χ0v) is 15.4. The van der Waals surface area contributed by atoms with E-state index in [4.69, 9.17) is 50.8 Å². The van der Waals surface area contributed by atoms with Gasteiger partial charge < -0.3 is 0 Å². The zero-order chi connectivity index (χ0) is 20.0. The van der Waals surface area contributed by atoms with Crippen molar-refractivity contribution in [1.29, 1.82) is 0 Å². The van der Waals surface area contributed by atoms with E-state index in [-0.39, 0.29) is 44.0 Å². The molecule has 3 nitrogen and oxygen atoms in total. The molecule has 0 saturated heterocycles. The fourth-order valence-corrected chi connectivity index (χ4v) is 3.17. The monoisotopic (exact) mass is 367 g/mol. The second-order valence-corrected chi connectivity index (χ2v) is 6.60. The van der Waals surface area contributed by atoms with Gasteiger partial charge in [0.05, 0.1) is 0 Å². The van der Waals surface area contributed by atoms with Gasteiger partial charge in [-0.15, -0.1) is 16.4 Å². The van der Waals surface area contributed by atoms with Crippen LogP contribution in [0.1, 0.15) is 0 Å². The third-order valence-electron chi connectivity index (χ3n) is 4.54. The number of aromatic nitrogens is 3. The number of nitrogens with zero attached hydrogens (tertiary/aromatic N) is 3. The lowest BCUT2D eigenvalue weighted by Crippen LogP contribution is -2.55. The lowest BCUT2D eigenvalue weighted by atomic mass is 9.60. The molecule has 0 amide bonds. The van der Waals surface area contributed by atoms with Crippen molar-refractivity contribution >= 4 is 88.9 Å². The Balaban J connectivity index is 1.93. The quantitative estimate of drug-likeness (QED) is 0.426. The van der Waals surface area contributed by atoms with Crippen LogP contribution in [0, 0.1) is 0 Å². The largest absolute Gasteiger partial charge is 0.226 e. The summed E-state index contributed by atoms with van der Waals surface area (Å²) in [7, 11) is 30.0. The van der Waals surface area contributed by atoms with E-state index in [1.807, 2.05) is 42.5 Å². The molecule has 0 atom stereocenters. The van der Waals surface area contributed by atoms with Crippen LogP contribution in [0.3, 0.4) is 0 Å². The van der Waals surface area contributed by atoms with Crippen molar-refractivity contribution in [2.45, 2.75) is 0 Å². The van der Waals surface area contributed by atoms with E-state index >= 15 is 0 Å². The topological polar surface area (TPSA) is 38.7 Å². The first kappa shape index (κ1) is 18.9. The summed E-state index contributed by atoms with van der Waals surface area (Å²) in [5.74, 6) is 0.532. The van der Waals surface area contributed by atoms with Crippen molar-refractivity contribution in [2.24, 2.45) is 0 Å². The highest BCUT2D eigenvalue weighted by molar-refractivity contribution is 6.68. The maximum atomic E-state index is 6.15. The molecule has 10 radical (unpaired) electrons. The predicted octanol–water partition coefficient (Wildman–Crippen LogP) is -1.02. The number of rotatable bonds is 2. The molecular formula is C19H7B5ClN3. The predicted molar refractivity (Wildman–Crippen MR) is 120 cm³/mol. The smallest absolute Gasteiger partial charge is 0.208 e. The lowest BCUT2D eigenvalue weighted by molar-refractivity contribution is 1.07. The van der Waals surface area contributed by atoms with Gasteiger partial charge in [0.15, 0.2) is 11.6 Å². The summed E-state index contributed by atoms with van der Waals surface area (Å²) in [5, 5.41) is 2.12. The molecule has 28 heavy (non-hydrogen) atoms. The summed E-state index contributed by atoms with van der Waals surface area (Å²) in [4.78, 5) is 12.9. The molecule has 0 aliphatic carbocycles. The minimum absolute atomic E-state index is 0.0130. The minimum Gasteiger partial charge on any atom is -0.208 e. The normalized spacial score (nSPS) is 11.0. The first-order chi connectivity index (χ1) is 13.4. The summed E-state index contributed by atoms with van der Waals surface area (Å²) in [6.07, 6.45) is 0.